The molecule has 5 nitrogen and oxygen atoms in total. The topological polar surface area (TPSA) is 56.5 Å². The van der Waals surface area contributed by atoms with Gasteiger partial charge in [0.1, 0.15) is 5.82 Å². The lowest BCUT2D eigenvalue weighted by molar-refractivity contribution is 0.218. The van der Waals surface area contributed by atoms with Crippen molar-refractivity contribution in [3.63, 3.8) is 0 Å². The highest BCUT2D eigenvalue weighted by Gasteiger charge is 2.13. The van der Waals surface area contributed by atoms with Crippen LogP contribution >= 0.6 is 39.1 Å². The Balaban J connectivity index is 2.03. The summed E-state index contributed by atoms with van der Waals surface area (Å²) in [6, 6.07) is 8.90. The third kappa shape index (κ3) is 5.68. The SMILES string of the molecule is CCCCc1nc2ccc(Br)cc2c(=O)n1N=Cc1cc(Cl)c(O[C@@H](C)CC)c(Cl)c1. The minimum atomic E-state index is -0.220. The van der Waals surface area contributed by atoms with Crippen LogP contribution < -0.4 is 10.3 Å². The molecule has 0 aliphatic heterocycles. The smallest absolute Gasteiger partial charge is 0.282 e. The molecule has 0 saturated heterocycles. The Kier molecular flexibility index (Phi) is 8.14. The van der Waals surface area contributed by atoms with Gasteiger partial charge < -0.3 is 4.74 Å². The number of unbranched alkanes of at least 4 members (excludes halogenated alkanes) is 1. The van der Waals surface area contributed by atoms with Crippen molar-refractivity contribution in [3.05, 3.63) is 66.6 Å². The van der Waals surface area contributed by atoms with Crippen LogP contribution in [0.25, 0.3) is 10.9 Å². The summed E-state index contributed by atoms with van der Waals surface area (Å²) in [6.45, 7) is 6.08. The van der Waals surface area contributed by atoms with Gasteiger partial charge >= 0.3 is 0 Å². The van der Waals surface area contributed by atoms with E-state index in [1.807, 2.05) is 26.0 Å². The van der Waals surface area contributed by atoms with Crippen LogP contribution in [-0.2, 0) is 6.42 Å². The van der Waals surface area contributed by atoms with E-state index < -0.39 is 0 Å². The van der Waals surface area contributed by atoms with Gasteiger partial charge in [-0.15, -0.1) is 0 Å². The number of rotatable bonds is 8. The Morgan fingerprint density at radius 3 is 2.58 bits per heavy atom. The number of halogens is 3. The molecule has 3 aromatic rings. The molecule has 0 aliphatic carbocycles. The predicted octanol–water partition coefficient (Wildman–Crippen LogP) is 6.87. The number of aryl methyl sites for hydroxylation is 1. The zero-order chi connectivity index (χ0) is 22.5. The molecule has 0 bridgehead atoms. The molecule has 164 valence electrons. The molecule has 0 fully saturated rings. The summed E-state index contributed by atoms with van der Waals surface area (Å²) in [6.07, 6.45) is 4.94. The van der Waals surface area contributed by atoms with Crippen molar-refractivity contribution in [2.24, 2.45) is 5.10 Å². The van der Waals surface area contributed by atoms with Gasteiger partial charge in [0.15, 0.2) is 5.75 Å². The summed E-state index contributed by atoms with van der Waals surface area (Å²) < 4.78 is 7.97. The molecule has 1 atom stereocenters. The zero-order valence-electron chi connectivity index (χ0n) is 17.7. The van der Waals surface area contributed by atoms with E-state index in [-0.39, 0.29) is 11.7 Å². The lowest BCUT2D eigenvalue weighted by Gasteiger charge is -2.15. The van der Waals surface area contributed by atoms with Crippen molar-refractivity contribution in [2.45, 2.75) is 52.6 Å². The molecule has 3 rings (SSSR count). The van der Waals surface area contributed by atoms with Crippen LogP contribution in [0.4, 0.5) is 0 Å². The molecule has 0 spiro atoms. The Bertz CT molecular complexity index is 1150. The van der Waals surface area contributed by atoms with Crippen LogP contribution in [-0.4, -0.2) is 22.0 Å². The fraction of sp³-hybridized carbons (Fsp3) is 0.348. The average molecular weight is 525 g/mol. The normalized spacial score (nSPS) is 12.6. The number of benzene rings is 2. The summed E-state index contributed by atoms with van der Waals surface area (Å²) in [7, 11) is 0. The van der Waals surface area contributed by atoms with Crippen LogP contribution in [0.15, 0.2) is 44.7 Å². The Hall–Kier alpha value is -1.89. The lowest BCUT2D eigenvalue weighted by atomic mass is 10.2. The Morgan fingerprint density at radius 1 is 1.23 bits per heavy atom. The molecule has 8 heteroatoms. The van der Waals surface area contributed by atoms with E-state index in [1.54, 1.807) is 24.4 Å². The van der Waals surface area contributed by atoms with Crippen LogP contribution in [0.1, 0.15) is 51.4 Å². The predicted molar refractivity (Wildman–Crippen MR) is 132 cm³/mol. The number of aromatic nitrogens is 2. The van der Waals surface area contributed by atoms with Gasteiger partial charge in [-0.05, 0) is 55.7 Å². The Morgan fingerprint density at radius 2 is 1.94 bits per heavy atom. The van der Waals surface area contributed by atoms with Crippen molar-refractivity contribution in [1.29, 1.82) is 0 Å². The van der Waals surface area contributed by atoms with E-state index >= 15 is 0 Å². The largest absolute Gasteiger partial charge is 0.488 e. The fourth-order valence-corrected chi connectivity index (χ4v) is 3.94. The molecule has 0 unspecified atom stereocenters. The van der Waals surface area contributed by atoms with E-state index in [4.69, 9.17) is 27.9 Å². The van der Waals surface area contributed by atoms with Gasteiger partial charge in [-0.25, -0.2) is 4.98 Å². The third-order valence-corrected chi connectivity index (χ3v) is 5.92. The van der Waals surface area contributed by atoms with Gasteiger partial charge in [0, 0.05) is 10.9 Å². The summed E-state index contributed by atoms with van der Waals surface area (Å²) >= 11 is 16.2. The van der Waals surface area contributed by atoms with E-state index in [1.165, 1.54) is 4.68 Å². The maximum absolute atomic E-state index is 13.1. The van der Waals surface area contributed by atoms with Crippen LogP contribution in [0.2, 0.25) is 10.0 Å². The second-order valence-corrected chi connectivity index (χ2v) is 9.04. The molecule has 0 N–H and O–H groups in total. The monoisotopic (exact) mass is 523 g/mol. The molecular formula is C23H24BrCl2N3O2. The second-order valence-electron chi connectivity index (χ2n) is 7.30. The minimum Gasteiger partial charge on any atom is -0.488 e. The highest BCUT2D eigenvalue weighted by atomic mass is 79.9. The van der Waals surface area contributed by atoms with Gasteiger partial charge in [-0.2, -0.15) is 9.78 Å². The highest BCUT2D eigenvalue weighted by molar-refractivity contribution is 9.10. The maximum Gasteiger partial charge on any atom is 0.282 e. The fourth-order valence-electron chi connectivity index (χ4n) is 2.99. The van der Waals surface area contributed by atoms with Crippen LogP contribution in [0, 0.1) is 0 Å². The van der Waals surface area contributed by atoms with Gasteiger partial charge in [-0.1, -0.05) is 59.4 Å². The summed E-state index contributed by atoms with van der Waals surface area (Å²) in [5, 5.41) is 5.73. The Labute approximate surface area is 200 Å². The van der Waals surface area contributed by atoms with E-state index in [9.17, 15) is 4.79 Å². The van der Waals surface area contributed by atoms with E-state index in [2.05, 4.69) is 32.9 Å². The number of ether oxygens (including phenoxy) is 1. The van der Waals surface area contributed by atoms with Crippen molar-refractivity contribution < 1.29 is 4.74 Å². The molecule has 0 aliphatic rings. The first-order valence-electron chi connectivity index (χ1n) is 10.2. The second kappa shape index (κ2) is 10.6. The van der Waals surface area contributed by atoms with Crippen LogP contribution in [0.3, 0.4) is 0 Å². The number of nitrogens with zero attached hydrogens (tertiary/aromatic N) is 3. The van der Waals surface area contributed by atoms with Gasteiger partial charge in [0.05, 0.1) is 33.3 Å². The third-order valence-electron chi connectivity index (χ3n) is 4.87. The highest BCUT2D eigenvalue weighted by Crippen LogP contribution is 2.34. The molecule has 0 radical (unpaired) electrons. The lowest BCUT2D eigenvalue weighted by Crippen LogP contribution is -2.22. The molecule has 0 saturated carbocycles. The number of fused-ring (bicyclic) bond motifs is 1. The van der Waals surface area contributed by atoms with Crippen molar-refractivity contribution in [3.8, 4) is 5.75 Å². The minimum absolute atomic E-state index is 0.00258. The van der Waals surface area contributed by atoms with Crippen molar-refractivity contribution in [1.82, 2.24) is 9.66 Å². The first-order chi connectivity index (χ1) is 14.8. The first kappa shape index (κ1) is 23.8. The van der Waals surface area contributed by atoms with E-state index in [0.717, 1.165) is 23.7 Å². The van der Waals surface area contributed by atoms with Crippen molar-refractivity contribution in [2.75, 3.05) is 0 Å². The zero-order valence-corrected chi connectivity index (χ0v) is 20.8. The molecule has 31 heavy (non-hydrogen) atoms. The van der Waals surface area contributed by atoms with Gasteiger partial charge in [-0.3, -0.25) is 4.79 Å². The number of hydrogen-bond acceptors (Lipinski definition) is 4. The quantitative estimate of drug-likeness (QED) is 0.302. The summed E-state index contributed by atoms with van der Waals surface area (Å²) in [5.74, 6) is 1.07. The molecule has 1 aromatic heterocycles. The van der Waals surface area contributed by atoms with E-state index in [0.29, 0.717) is 44.5 Å². The number of hydrogen-bond donors (Lipinski definition) is 0. The molecule has 1 heterocycles. The molecular weight excluding hydrogens is 501 g/mol. The summed E-state index contributed by atoms with van der Waals surface area (Å²) in [4.78, 5) is 17.8. The first-order valence-corrected chi connectivity index (χ1v) is 11.8. The molecule has 0 amide bonds. The standard InChI is InChI=1S/C23H24BrCl2N3O2/c1-4-6-7-21-28-20-9-8-16(24)12-17(20)23(30)29(21)27-13-15-10-18(25)22(19(26)11-15)31-14(3)5-2/h8-14H,4-7H2,1-3H3/t14-/m0/s1. The van der Waals surface area contributed by atoms with Gasteiger partial charge in [0.25, 0.3) is 5.56 Å². The molecule has 2 aromatic carbocycles. The maximum atomic E-state index is 13.1. The van der Waals surface area contributed by atoms with Crippen LogP contribution in [0.5, 0.6) is 5.75 Å². The van der Waals surface area contributed by atoms with Crippen molar-refractivity contribution >= 4 is 56.2 Å². The summed E-state index contributed by atoms with van der Waals surface area (Å²) in [5.41, 5.74) is 1.10. The van der Waals surface area contributed by atoms with Gasteiger partial charge in [0.2, 0.25) is 0 Å². The average Bonchev–Trinajstić information content (AvgIpc) is 2.74.